The summed E-state index contributed by atoms with van der Waals surface area (Å²) < 4.78 is 1.84. The van der Waals surface area contributed by atoms with Crippen LogP contribution in [0, 0.1) is 17.4 Å². The molecule has 1 aromatic heterocycles. The molecule has 0 aliphatic heterocycles. The maximum absolute atomic E-state index is 12.0. The predicted molar refractivity (Wildman–Crippen MR) is 85.8 cm³/mol. The monoisotopic (exact) mass is 383 g/mol. The van der Waals surface area contributed by atoms with Crippen LogP contribution >= 0.6 is 22.6 Å². The van der Waals surface area contributed by atoms with Gasteiger partial charge in [-0.05, 0) is 48.6 Å². The molecule has 0 saturated heterocycles. The van der Waals surface area contributed by atoms with E-state index in [9.17, 15) is 9.59 Å². The largest absolute Gasteiger partial charge is 0.325 e. The van der Waals surface area contributed by atoms with Gasteiger partial charge in [0.15, 0.2) is 0 Å². The Morgan fingerprint density at radius 3 is 2.60 bits per heavy atom. The lowest BCUT2D eigenvalue weighted by Crippen LogP contribution is -2.29. The van der Waals surface area contributed by atoms with Crippen LogP contribution in [0.4, 0.5) is 5.69 Å². The van der Waals surface area contributed by atoms with Gasteiger partial charge in [0.25, 0.3) is 5.56 Å². The van der Waals surface area contributed by atoms with Gasteiger partial charge in [-0.3, -0.25) is 14.2 Å². The second kappa shape index (κ2) is 6.17. The highest BCUT2D eigenvalue weighted by Gasteiger charge is 2.09. The van der Waals surface area contributed by atoms with E-state index in [1.54, 1.807) is 6.92 Å². The average Bonchev–Trinajstić information content (AvgIpc) is 2.42. The van der Waals surface area contributed by atoms with Crippen LogP contribution in [0.15, 0.2) is 35.4 Å². The third-order valence-electron chi connectivity index (χ3n) is 2.81. The van der Waals surface area contributed by atoms with E-state index >= 15 is 0 Å². The number of nitrogens with zero attached hydrogens (tertiary/aromatic N) is 2. The number of hydrogen-bond donors (Lipinski definition) is 1. The number of hydrogen-bond acceptors (Lipinski definition) is 3. The molecule has 0 spiro atoms. The first kappa shape index (κ1) is 14.7. The number of carbonyl (C=O) groups is 1. The maximum atomic E-state index is 12.0. The maximum Gasteiger partial charge on any atom is 0.267 e. The minimum Gasteiger partial charge on any atom is -0.325 e. The van der Waals surface area contributed by atoms with Crippen molar-refractivity contribution in [2.24, 2.45) is 0 Å². The van der Waals surface area contributed by atoms with Crippen molar-refractivity contribution >= 4 is 34.2 Å². The van der Waals surface area contributed by atoms with Gasteiger partial charge in [-0.25, -0.2) is 4.98 Å². The molecule has 0 bridgehead atoms. The first-order valence-corrected chi connectivity index (χ1v) is 7.13. The molecule has 0 aliphatic rings. The Labute approximate surface area is 130 Å². The minimum atomic E-state index is -0.252. The average molecular weight is 383 g/mol. The number of carbonyl (C=O) groups excluding carboxylic acids is 1. The van der Waals surface area contributed by atoms with E-state index in [0.717, 1.165) is 5.56 Å². The van der Waals surface area contributed by atoms with Crippen LogP contribution in [-0.4, -0.2) is 15.5 Å². The summed E-state index contributed by atoms with van der Waals surface area (Å²) in [6.07, 6.45) is 1.40. The van der Waals surface area contributed by atoms with Gasteiger partial charge in [-0.2, -0.15) is 0 Å². The van der Waals surface area contributed by atoms with Crippen LogP contribution in [0.2, 0.25) is 0 Å². The second-order valence-corrected chi connectivity index (χ2v) is 5.57. The highest BCUT2D eigenvalue weighted by atomic mass is 127. The zero-order valence-corrected chi connectivity index (χ0v) is 13.3. The van der Waals surface area contributed by atoms with Gasteiger partial charge in [0.2, 0.25) is 5.91 Å². The second-order valence-electron chi connectivity index (χ2n) is 4.49. The van der Waals surface area contributed by atoms with Gasteiger partial charge in [0.1, 0.15) is 6.54 Å². The molecule has 0 atom stereocenters. The van der Waals surface area contributed by atoms with Gasteiger partial charge in [-0.15, -0.1) is 0 Å². The lowest BCUT2D eigenvalue weighted by Gasteiger charge is -2.08. The molecule has 0 aliphatic carbocycles. The molecular formula is C14H14IN3O2. The Morgan fingerprint density at radius 2 is 1.95 bits per heavy atom. The summed E-state index contributed by atoms with van der Waals surface area (Å²) in [5, 5.41) is 2.75. The Kier molecular flexibility index (Phi) is 4.53. The third-order valence-corrected chi connectivity index (χ3v) is 4.05. The van der Waals surface area contributed by atoms with Crippen molar-refractivity contribution in [1.82, 2.24) is 9.55 Å². The Morgan fingerprint density at radius 1 is 1.30 bits per heavy atom. The van der Waals surface area contributed by atoms with Crippen molar-refractivity contribution < 1.29 is 4.79 Å². The van der Waals surface area contributed by atoms with E-state index in [-0.39, 0.29) is 18.0 Å². The van der Waals surface area contributed by atoms with Crippen LogP contribution in [0.3, 0.4) is 0 Å². The van der Waals surface area contributed by atoms with Crippen molar-refractivity contribution in [1.29, 1.82) is 0 Å². The molecule has 0 saturated carbocycles. The number of nitrogens with one attached hydrogen (secondary N) is 1. The standard InChI is InChI=1S/C14H14IN3O2/c1-9-3-5-11(6-4-9)17-12(19)7-18-8-16-10(2)13(15)14(18)20/h3-6,8H,7H2,1-2H3,(H,17,19). The van der Waals surface area contributed by atoms with Crippen LogP contribution in [0.1, 0.15) is 11.3 Å². The van der Waals surface area contributed by atoms with Crippen molar-refractivity contribution in [2.45, 2.75) is 20.4 Å². The van der Waals surface area contributed by atoms with E-state index in [0.29, 0.717) is 15.0 Å². The molecule has 1 amide bonds. The molecule has 2 aromatic rings. The smallest absolute Gasteiger partial charge is 0.267 e. The zero-order valence-electron chi connectivity index (χ0n) is 11.2. The van der Waals surface area contributed by atoms with Gasteiger partial charge in [-0.1, -0.05) is 17.7 Å². The highest BCUT2D eigenvalue weighted by Crippen LogP contribution is 2.08. The highest BCUT2D eigenvalue weighted by molar-refractivity contribution is 14.1. The fourth-order valence-corrected chi connectivity index (χ4v) is 2.10. The molecule has 2 rings (SSSR count). The Bertz CT molecular complexity index is 693. The fourth-order valence-electron chi connectivity index (χ4n) is 1.65. The summed E-state index contributed by atoms with van der Waals surface area (Å²) in [7, 11) is 0. The molecule has 6 heteroatoms. The predicted octanol–water partition coefficient (Wildman–Crippen LogP) is 2.10. The minimum absolute atomic E-state index is 0.0456. The van der Waals surface area contributed by atoms with Crippen molar-refractivity contribution in [3.63, 3.8) is 0 Å². The molecule has 1 N–H and O–H groups in total. The lowest BCUT2D eigenvalue weighted by atomic mass is 10.2. The number of anilines is 1. The van der Waals surface area contributed by atoms with E-state index in [4.69, 9.17) is 0 Å². The molecule has 104 valence electrons. The molecule has 0 radical (unpaired) electrons. The normalized spacial score (nSPS) is 10.3. The first-order chi connectivity index (χ1) is 9.47. The summed E-state index contributed by atoms with van der Waals surface area (Å²) in [6.45, 7) is 3.70. The number of benzene rings is 1. The summed E-state index contributed by atoms with van der Waals surface area (Å²) in [4.78, 5) is 28.0. The van der Waals surface area contributed by atoms with E-state index in [2.05, 4.69) is 10.3 Å². The van der Waals surface area contributed by atoms with Gasteiger partial charge in [0, 0.05) is 5.69 Å². The van der Waals surface area contributed by atoms with Crippen LogP contribution in [-0.2, 0) is 11.3 Å². The Balaban J connectivity index is 2.11. The molecular weight excluding hydrogens is 369 g/mol. The summed E-state index contributed by atoms with van der Waals surface area (Å²) in [6, 6.07) is 7.48. The molecule has 1 heterocycles. The topological polar surface area (TPSA) is 64.0 Å². The van der Waals surface area contributed by atoms with Crippen LogP contribution in [0.5, 0.6) is 0 Å². The molecule has 5 nitrogen and oxygen atoms in total. The van der Waals surface area contributed by atoms with Gasteiger partial charge < -0.3 is 5.32 Å². The lowest BCUT2D eigenvalue weighted by molar-refractivity contribution is -0.116. The van der Waals surface area contributed by atoms with Crippen molar-refractivity contribution in [3.8, 4) is 0 Å². The molecule has 0 fully saturated rings. The number of aromatic nitrogens is 2. The van der Waals surface area contributed by atoms with Gasteiger partial charge >= 0.3 is 0 Å². The number of rotatable bonds is 3. The van der Waals surface area contributed by atoms with Crippen molar-refractivity contribution in [2.75, 3.05) is 5.32 Å². The molecule has 1 aromatic carbocycles. The fraction of sp³-hybridized carbons (Fsp3) is 0.214. The summed E-state index contributed by atoms with van der Waals surface area (Å²) in [5.41, 5.74) is 2.31. The first-order valence-electron chi connectivity index (χ1n) is 6.05. The zero-order chi connectivity index (χ0) is 14.7. The number of halogens is 1. The van der Waals surface area contributed by atoms with E-state index in [1.165, 1.54) is 10.9 Å². The number of amides is 1. The van der Waals surface area contributed by atoms with E-state index in [1.807, 2.05) is 53.8 Å². The van der Waals surface area contributed by atoms with E-state index < -0.39 is 0 Å². The van der Waals surface area contributed by atoms with Crippen LogP contribution < -0.4 is 10.9 Å². The van der Waals surface area contributed by atoms with Gasteiger partial charge in [0.05, 0.1) is 15.6 Å². The summed E-state index contributed by atoms with van der Waals surface area (Å²) >= 11 is 1.94. The van der Waals surface area contributed by atoms with Crippen LogP contribution in [0.25, 0.3) is 0 Å². The third kappa shape index (κ3) is 3.44. The molecule has 0 unspecified atom stereocenters. The quantitative estimate of drug-likeness (QED) is 0.826. The summed E-state index contributed by atoms with van der Waals surface area (Å²) in [5.74, 6) is -0.252. The Hall–Kier alpha value is -1.70. The van der Waals surface area contributed by atoms with Crippen molar-refractivity contribution in [3.05, 3.63) is 55.8 Å². The molecule has 20 heavy (non-hydrogen) atoms. The number of aryl methyl sites for hydroxylation is 2. The SMILES string of the molecule is Cc1ccc(NC(=O)Cn2cnc(C)c(I)c2=O)cc1.